The Morgan fingerprint density at radius 1 is 0.867 bits per heavy atom. The largest absolute Gasteiger partial charge is 0.497 e. The van der Waals surface area contributed by atoms with Crippen molar-refractivity contribution < 1.29 is 33.4 Å². The van der Waals surface area contributed by atoms with E-state index in [9.17, 15) is 19.2 Å². The molecule has 0 fully saturated rings. The molecule has 0 unspecified atom stereocenters. The first-order valence-corrected chi connectivity index (χ1v) is 8.92. The Kier molecular flexibility index (Phi) is 7.92. The summed E-state index contributed by atoms with van der Waals surface area (Å²) in [6.45, 7) is 0.0616. The van der Waals surface area contributed by atoms with Crippen molar-refractivity contribution in [3.8, 4) is 5.75 Å². The van der Waals surface area contributed by atoms with Crippen LogP contribution in [0.3, 0.4) is 0 Å². The molecule has 2 aromatic carbocycles. The number of ether oxygens (including phenoxy) is 3. The maximum Gasteiger partial charge on any atom is 0.339 e. The smallest absolute Gasteiger partial charge is 0.339 e. The summed E-state index contributed by atoms with van der Waals surface area (Å²) < 4.78 is 14.4. The van der Waals surface area contributed by atoms with E-state index in [0.29, 0.717) is 11.3 Å². The summed E-state index contributed by atoms with van der Waals surface area (Å²) in [6, 6.07) is 10.7. The summed E-state index contributed by atoms with van der Waals surface area (Å²) in [5.41, 5.74) is 0.744. The van der Waals surface area contributed by atoms with E-state index in [0.717, 1.165) is 0 Å². The van der Waals surface area contributed by atoms with Gasteiger partial charge in [0.15, 0.2) is 0 Å². The van der Waals surface area contributed by atoms with Gasteiger partial charge in [0, 0.05) is 18.5 Å². The third-order valence-electron chi connectivity index (χ3n) is 4.09. The summed E-state index contributed by atoms with van der Waals surface area (Å²) in [5, 5.41) is 5.19. The van der Waals surface area contributed by atoms with Crippen LogP contribution in [0.15, 0.2) is 42.5 Å². The van der Waals surface area contributed by atoms with Gasteiger partial charge in [-0.3, -0.25) is 9.59 Å². The minimum Gasteiger partial charge on any atom is -0.497 e. The van der Waals surface area contributed by atoms with Gasteiger partial charge in [-0.2, -0.15) is 0 Å². The maximum absolute atomic E-state index is 12.3. The van der Waals surface area contributed by atoms with Crippen molar-refractivity contribution in [2.24, 2.45) is 0 Å². The minimum absolute atomic E-state index is 0.0568. The van der Waals surface area contributed by atoms with E-state index in [1.165, 1.54) is 39.5 Å². The summed E-state index contributed by atoms with van der Waals surface area (Å²) in [4.78, 5) is 48.1. The molecule has 0 aromatic heterocycles. The molecule has 2 amide bonds. The molecule has 0 saturated carbocycles. The summed E-state index contributed by atoms with van der Waals surface area (Å²) in [5.74, 6) is -1.57. The number of benzene rings is 2. The van der Waals surface area contributed by atoms with E-state index in [1.54, 1.807) is 24.3 Å². The maximum atomic E-state index is 12.3. The molecule has 2 N–H and O–H groups in total. The second-order valence-corrected chi connectivity index (χ2v) is 6.03. The van der Waals surface area contributed by atoms with Crippen LogP contribution in [0.25, 0.3) is 0 Å². The minimum atomic E-state index is -0.673. The Labute approximate surface area is 173 Å². The second kappa shape index (κ2) is 10.6. The Balaban J connectivity index is 2.01. The summed E-state index contributed by atoms with van der Waals surface area (Å²) in [7, 11) is 3.93. The lowest BCUT2D eigenvalue weighted by Crippen LogP contribution is -2.28. The third-order valence-corrected chi connectivity index (χ3v) is 4.09. The van der Waals surface area contributed by atoms with Crippen LogP contribution in [0.2, 0.25) is 0 Å². The zero-order valence-electron chi connectivity index (χ0n) is 16.8. The number of hydrogen-bond acceptors (Lipinski definition) is 7. The van der Waals surface area contributed by atoms with Crippen LogP contribution in [0, 0.1) is 0 Å². The Bertz CT molecular complexity index is 956. The lowest BCUT2D eigenvalue weighted by atomic mass is 10.1. The van der Waals surface area contributed by atoms with Gasteiger partial charge in [-0.1, -0.05) is 6.07 Å². The molecule has 0 bridgehead atoms. The number of anilines is 1. The molecule has 0 radical (unpaired) electrons. The third kappa shape index (κ3) is 5.81. The average Bonchev–Trinajstić information content (AvgIpc) is 2.77. The van der Waals surface area contributed by atoms with Crippen LogP contribution in [0.1, 0.15) is 37.5 Å². The Morgan fingerprint density at radius 3 is 2.27 bits per heavy atom. The quantitative estimate of drug-likeness (QED) is 0.634. The molecule has 9 heteroatoms. The molecule has 0 aliphatic rings. The lowest BCUT2D eigenvalue weighted by Gasteiger charge is -2.12. The molecular weight excluding hydrogens is 392 g/mol. The van der Waals surface area contributed by atoms with E-state index in [-0.39, 0.29) is 35.7 Å². The fraction of sp³-hybridized carbons (Fsp3) is 0.238. The number of carbonyl (C=O) groups excluding carboxylic acids is 4. The number of nitrogens with one attached hydrogen (secondary N) is 2. The highest BCUT2D eigenvalue weighted by atomic mass is 16.5. The molecule has 0 spiro atoms. The van der Waals surface area contributed by atoms with E-state index < -0.39 is 17.8 Å². The van der Waals surface area contributed by atoms with Crippen LogP contribution < -0.4 is 15.4 Å². The fourth-order valence-electron chi connectivity index (χ4n) is 2.55. The van der Waals surface area contributed by atoms with Crippen molar-refractivity contribution in [3.05, 3.63) is 59.2 Å². The van der Waals surface area contributed by atoms with E-state index in [1.807, 2.05) is 0 Å². The van der Waals surface area contributed by atoms with Gasteiger partial charge >= 0.3 is 11.9 Å². The molecule has 2 aromatic rings. The molecule has 0 aliphatic heterocycles. The molecule has 0 heterocycles. The van der Waals surface area contributed by atoms with Crippen molar-refractivity contribution in [2.45, 2.75) is 6.42 Å². The molecular formula is C21H22N2O7. The lowest BCUT2D eigenvalue weighted by molar-refractivity contribution is -0.116. The van der Waals surface area contributed by atoms with Gasteiger partial charge in [0.25, 0.3) is 5.91 Å². The van der Waals surface area contributed by atoms with Crippen molar-refractivity contribution in [3.63, 3.8) is 0 Å². The predicted molar refractivity (Wildman–Crippen MR) is 108 cm³/mol. The van der Waals surface area contributed by atoms with E-state index in [4.69, 9.17) is 9.47 Å². The molecule has 0 saturated heterocycles. The number of hydrogen-bond donors (Lipinski definition) is 2. The van der Waals surface area contributed by atoms with Gasteiger partial charge in [-0.05, 0) is 36.4 Å². The second-order valence-electron chi connectivity index (χ2n) is 6.03. The molecule has 0 aliphatic carbocycles. The highest BCUT2D eigenvalue weighted by Crippen LogP contribution is 2.20. The van der Waals surface area contributed by atoms with Crippen molar-refractivity contribution >= 4 is 29.4 Å². The van der Waals surface area contributed by atoms with Gasteiger partial charge in [0.05, 0.1) is 38.1 Å². The Hall–Kier alpha value is -3.88. The first-order chi connectivity index (χ1) is 14.4. The predicted octanol–water partition coefficient (Wildman–Crippen LogP) is 2.03. The topological polar surface area (TPSA) is 120 Å². The fourth-order valence-corrected chi connectivity index (χ4v) is 2.55. The highest BCUT2D eigenvalue weighted by molar-refractivity contribution is 6.03. The van der Waals surface area contributed by atoms with Crippen LogP contribution in [0.4, 0.5) is 5.69 Å². The number of carbonyl (C=O) groups is 4. The molecule has 30 heavy (non-hydrogen) atoms. The zero-order chi connectivity index (χ0) is 22.1. The number of amides is 2. The number of esters is 2. The molecule has 158 valence electrons. The van der Waals surface area contributed by atoms with Gasteiger partial charge in [-0.25, -0.2) is 9.59 Å². The normalized spacial score (nSPS) is 9.97. The van der Waals surface area contributed by atoms with Gasteiger partial charge in [0.2, 0.25) is 5.91 Å². The molecule has 0 atom stereocenters. The van der Waals surface area contributed by atoms with E-state index in [2.05, 4.69) is 15.4 Å². The number of methoxy groups -OCH3 is 3. The first kappa shape index (κ1) is 22.4. The average molecular weight is 414 g/mol. The monoisotopic (exact) mass is 414 g/mol. The van der Waals surface area contributed by atoms with Crippen molar-refractivity contribution in [2.75, 3.05) is 33.2 Å². The van der Waals surface area contributed by atoms with Crippen molar-refractivity contribution in [1.29, 1.82) is 0 Å². The van der Waals surface area contributed by atoms with Gasteiger partial charge in [0.1, 0.15) is 5.75 Å². The summed E-state index contributed by atoms with van der Waals surface area (Å²) in [6.07, 6.45) is -0.0568. The Morgan fingerprint density at radius 2 is 1.60 bits per heavy atom. The SMILES string of the molecule is COC(=O)c1ccc(C(=O)OC)c(NC(=O)CCNC(=O)c2cccc(OC)c2)c1. The zero-order valence-corrected chi connectivity index (χ0v) is 16.8. The van der Waals surface area contributed by atoms with Crippen LogP contribution in [-0.4, -0.2) is 51.6 Å². The standard InChI is InChI=1S/C21H22N2O7/c1-28-15-6-4-5-13(11-15)19(25)22-10-9-18(24)23-17-12-14(20(26)29-2)7-8-16(17)21(27)30-3/h4-8,11-12H,9-10H2,1-3H3,(H,22,25)(H,23,24). The van der Waals surface area contributed by atoms with Crippen molar-refractivity contribution in [1.82, 2.24) is 5.32 Å². The van der Waals surface area contributed by atoms with Gasteiger partial charge in [-0.15, -0.1) is 0 Å². The van der Waals surface area contributed by atoms with Crippen LogP contribution >= 0.6 is 0 Å². The molecule has 9 nitrogen and oxygen atoms in total. The highest BCUT2D eigenvalue weighted by Gasteiger charge is 2.17. The number of rotatable bonds is 8. The molecule has 2 rings (SSSR count). The summed E-state index contributed by atoms with van der Waals surface area (Å²) >= 11 is 0. The van der Waals surface area contributed by atoms with Gasteiger partial charge < -0.3 is 24.8 Å². The van der Waals surface area contributed by atoms with Crippen LogP contribution in [-0.2, 0) is 14.3 Å². The first-order valence-electron chi connectivity index (χ1n) is 8.92. The van der Waals surface area contributed by atoms with Crippen LogP contribution in [0.5, 0.6) is 5.75 Å². The van der Waals surface area contributed by atoms with E-state index >= 15 is 0 Å².